The van der Waals surface area contributed by atoms with Crippen molar-refractivity contribution >= 4 is 21.4 Å². The van der Waals surface area contributed by atoms with E-state index in [1.165, 1.54) is 18.2 Å². The number of morpholine rings is 1. The Hall–Kier alpha value is -2.26. The third-order valence-electron chi connectivity index (χ3n) is 6.85. The van der Waals surface area contributed by atoms with Gasteiger partial charge in [-0.1, -0.05) is 62.2 Å². The first-order chi connectivity index (χ1) is 15.7. The molecule has 0 radical (unpaired) electrons. The van der Waals surface area contributed by atoms with Crippen molar-refractivity contribution in [3.05, 3.63) is 66.3 Å². The third-order valence-corrected chi connectivity index (χ3v) is 9.32. The number of aliphatic hydroxyl groups is 1. The molecule has 1 fully saturated rings. The highest BCUT2D eigenvalue weighted by Crippen LogP contribution is 2.53. The van der Waals surface area contributed by atoms with Gasteiger partial charge in [0, 0.05) is 13.1 Å². The summed E-state index contributed by atoms with van der Waals surface area (Å²) >= 11 is 0. The van der Waals surface area contributed by atoms with Gasteiger partial charge in [-0.05, 0) is 36.1 Å². The summed E-state index contributed by atoms with van der Waals surface area (Å²) < 4.78 is 33.5. The van der Waals surface area contributed by atoms with Gasteiger partial charge in [0.05, 0.1) is 13.2 Å². The standard InChI is InChI=1S/C25H33NO6S/c1-4-6-13-24(23(27)28)19(3)21(20-10-8-7-9-11-20)12-14-25(24,29)33(30,31)22(5-2)26-15-17-32-18-16-26/h5,7-12,14,22,29H,2,4,6,13,15-18H2,1,3H3,(H,27,28). The van der Waals surface area contributed by atoms with Gasteiger partial charge in [-0.15, -0.1) is 6.58 Å². The van der Waals surface area contributed by atoms with Crippen LogP contribution in [0.15, 0.2) is 60.7 Å². The molecule has 0 saturated carbocycles. The third kappa shape index (κ3) is 4.10. The van der Waals surface area contributed by atoms with Crippen LogP contribution in [0, 0.1) is 5.41 Å². The number of aliphatic carboxylic acids is 1. The molecule has 0 aromatic heterocycles. The van der Waals surface area contributed by atoms with Crippen molar-refractivity contribution in [1.29, 1.82) is 0 Å². The first-order valence-corrected chi connectivity index (χ1v) is 12.8. The van der Waals surface area contributed by atoms with Crippen LogP contribution >= 0.6 is 0 Å². The van der Waals surface area contributed by atoms with Crippen LogP contribution in [0.5, 0.6) is 0 Å². The average molecular weight is 476 g/mol. The smallest absolute Gasteiger partial charge is 0.318 e. The fourth-order valence-electron chi connectivity index (χ4n) is 4.95. The molecule has 0 amide bonds. The lowest BCUT2D eigenvalue weighted by atomic mass is 9.66. The Morgan fingerprint density at radius 1 is 1.27 bits per heavy atom. The Morgan fingerprint density at radius 2 is 1.91 bits per heavy atom. The van der Waals surface area contributed by atoms with Gasteiger partial charge in [0.15, 0.2) is 0 Å². The van der Waals surface area contributed by atoms with Crippen LogP contribution in [0.3, 0.4) is 0 Å². The van der Waals surface area contributed by atoms with E-state index < -0.39 is 31.5 Å². The van der Waals surface area contributed by atoms with Crippen molar-refractivity contribution in [3.8, 4) is 0 Å². The van der Waals surface area contributed by atoms with E-state index in [2.05, 4.69) is 6.58 Å². The van der Waals surface area contributed by atoms with E-state index in [9.17, 15) is 23.4 Å². The molecule has 7 nitrogen and oxygen atoms in total. The summed E-state index contributed by atoms with van der Waals surface area (Å²) in [5.74, 6) is -1.36. The number of benzene rings is 1. The van der Waals surface area contributed by atoms with Crippen molar-refractivity contribution in [2.75, 3.05) is 26.3 Å². The minimum atomic E-state index is -4.49. The van der Waals surface area contributed by atoms with E-state index in [0.717, 1.165) is 5.56 Å². The lowest BCUT2D eigenvalue weighted by Crippen LogP contribution is -2.63. The molecule has 8 heteroatoms. The Bertz CT molecular complexity index is 1040. The second-order valence-corrected chi connectivity index (χ2v) is 10.8. The molecule has 3 unspecified atom stereocenters. The number of ether oxygens (including phenoxy) is 1. The molecule has 3 atom stereocenters. The molecule has 1 aliphatic heterocycles. The lowest BCUT2D eigenvalue weighted by Gasteiger charge is -2.48. The monoisotopic (exact) mass is 475 g/mol. The maximum absolute atomic E-state index is 14.1. The van der Waals surface area contributed by atoms with Crippen LogP contribution in [0.4, 0.5) is 0 Å². The number of rotatable bonds is 9. The van der Waals surface area contributed by atoms with E-state index in [1.807, 2.05) is 37.3 Å². The highest BCUT2D eigenvalue weighted by atomic mass is 32.2. The molecule has 3 rings (SSSR count). The average Bonchev–Trinajstić information content (AvgIpc) is 2.80. The fourth-order valence-corrected chi connectivity index (χ4v) is 7.26. The normalized spacial score (nSPS) is 27.4. The van der Waals surface area contributed by atoms with Crippen LogP contribution in [-0.4, -0.2) is 66.1 Å². The summed E-state index contributed by atoms with van der Waals surface area (Å²) in [6.07, 6.45) is 5.04. The maximum atomic E-state index is 14.1. The topological polar surface area (TPSA) is 104 Å². The van der Waals surface area contributed by atoms with Crippen molar-refractivity contribution in [1.82, 2.24) is 4.90 Å². The number of carboxylic acids is 1. The number of sulfone groups is 1. The molecule has 2 aliphatic rings. The van der Waals surface area contributed by atoms with Crippen LogP contribution in [-0.2, 0) is 19.4 Å². The van der Waals surface area contributed by atoms with Gasteiger partial charge < -0.3 is 14.9 Å². The maximum Gasteiger partial charge on any atom is 0.318 e. The number of carboxylic acid groups (broad SMARTS) is 1. The second kappa shape index (κ2) is 9.93. The van der Waals surface area contributed by atoms with Gasteiger partial charge in [-0.25, -0.2) is 8.42 Å². The second-order valence-electron chi connectivity index (χ2n) is 8.57. The van der Waals surface area contributed by atoms with E-state index in [0.29, 0.717) is 50.3 Å². The van der Waals surface area contributed by atoms with E-state index in [4.69, 9.17) is 4.74 Å². The summed E-state index contributed by atoms with van der Waals surface area (Å²) in [6, 6.07) is 9.21. The number of nitrogens with zero attached hydrogens (tertiary/aromatic N) is 1. The van der Waals surface area contributed by atoms with Crippen LogP contribution < -0.4 is 0 Å². The molecule has 33 heavy (non-hydrogen) atoms. The van der Waals surface area contributed by atoms with Gasteiger partial charge in [-0.3, -0.25) is 9.69 Å². The molecule has 0 bridgehead atoms. The zero-order valence-electron chi connectivity index (χ0n) is 19.2. The number of hydrogen-bond acceptors (Lipinski definition) is 6. The summed E-state index contributed by atoms with van der Waals surface area (Å²) in [5.41, 5.74) is -0.347. The lowest BCUT2D eigenvalue weighted by molar-refractivity contribution is -0.154. The number of allylic oxidation sites excluding steroid dienone is 2. The van der Waals surface area contributed by atoms with Crippen molar-refractivity contribution in [2.45, 2.75) is 43.4 Å². The van der Waals surface area contributed by atoms with Gasteiger partial charge in [-0.2, -0.15) is 0 Å². The first kappa shape index (κ1) is 25.4. The first-order valence-electron chi connectivity index (χ1n) is 11.3. The molecular weight excluding hydrogens is 442 g/mol. The molecule has 1 saturated heterocycles. The van der Waals surface area contributed by atoms with Crippen LogP contribution in [0.25, 0.3) is 5.57 Å². The van der Waals surface area contributed by atoms with Crippen LogP contribution in [0.1, 0.15) is 38.7 Å². The number of carbonyl (C=O) groups is 1. The van der Waals surface area contributed by atoms with Gasteiger partial charge in [0.1, 0.15) is 10.8 Å². The molecule has 1 aliphatic carbocycles. The molecule has 1 aromatic rings. The highest BCUT2D eigenvalue weighted by Gasteiger charge is 2.66. The van der Waals surface area contributed by atoms with Gasteiger partial charge >= 0.3 is 5.97 Å². The predicted molar refractivity (Wildman–Crippen MR) is 128 cm³/mol. The van der Waals surface area contributed by atoms with Gasteiger partial charge in [0.2, 0.25) is 14.8 Å². The molecule has 1 aromatic carbocycles. The largest absolute Gasteiger partial charge is 0.480 e. The summed E-state index contributed by atoms with van der Waals surface area (Å²) in [7, 11) is -4.49. The number of hydrogen-bond donors (Lipinski definition) is 2. The quantitative estimate of drug-likeness (QED) is 0.529. The van der Waals surface area contributed by atoms with Crippen LogP contribution in [0.2, 0.25) is 0 Å². The fraction of sp³-hybridized carbons (Fsp3) is 0.480. The van der Waals surface area contributed by atoms with E-state index >= 15 is 0 Å². The van der Waals surface area contributed by atoms with Crippen molar-refractivity contribution in [2.24, 2.45) is 5.41 Å². The Balaban J connectivity index is 2.24. The zero-order valence-corrected chi connectivity index (χ0v) is 20.1. The summed E-state index contributed by atoms with van der Waals surface area (Å²) in [5, 5.41) is 21.3. The predicted octanol–water partition coefficient (Wildman–Crippen LogP) is 3.24. The molecule has 0 spiro atoms. The Kier molecular flexibility index (Phi) is 7.63. The molecular formula is C25H33NO6S. The minimum Gasteiger partial charge on any atom is -0.480 e. The summed E-state index contributed by atoms with van der Waals surface area (Å²) in [4.78, 5) is 12.0. The molecule has 180 valence electrons. The van der Waals surface area contributed by atoms with E-state index in [-0.39, 0.29) is 6.42 Å². The summed E-state index contributed by atoms with van der Waals surface area (Å²) in [6.45, 7) is 8.62. The molecule has 2 N–H and O–H groups in total. The Morgan fingerprint density at radius 3 is 2.45 bits per heavy atom. The van der Waals surface area contributed by atoms with Gasteiger partial charge in [0.25, 0.3) is 0 Å². The zero-order chi connectivity index (χ0) is 24.3. The Labute approximate surface area is 196 Å². The molecule has 1 heterocycles. The highest BCUT2D eigenvalue weighted by molar-refractivity contribution is 7.93. The van der Waals surface area contributed by atoms with Crippen molar-refractivity contribution in [3.63, 3.8) is 0 Å². The van der Waals surface area contributed by atoms with Crippen molar-refractivity contribution < 1.29 is 28.2 Å². The number of unbranched alkanes of at least 4 members (excludes halogenated alkanes) is 1. The SMILES string of the molecule is C=CC(N1CCOCC1)S(=O)(=O)C1(O)C=CC(c2ccccc2)=C(C)C1(CCCC)C(=O)O. The van der Waals surface area contributed by atoms with E-state index in [1.54, 1.807) is 11.8 Å². The minimum absolute atomic E-state index is 0.0198.